The summed E-state index contributed by atoms with van der Waals surface area (Å²) in [5.74, 6) is -0.136. The van der Waals surface area contributed by atoms with Crippen molar-refractivity contribution < 1.29 is 4.79 Å². The van der Waals surface area contributed by atoms with Crippen LogP contribution in [0.25, 0.3) is 0 Å². The zero-order valence-corrected chi connectivity index (χ0v) is 9.02. The summed E-state index contributed by atoms with van der Waals surface area (Å²) in [6.45, 7) is 2.01. The Labute approximate surface area is 93.0 Å². The zero-order valence-electron chi connectivity index (χ0n) is 8.20. The van der Waals surface area contributed by atoms with E-state index in [1.165, 1.54) is 5.56 Å². The number of amides is 1. The molecule has 0 aromatic heterocycles. The number of hydrogen-bond donors (Lipinski definition) is 3. The average Bonchev–Trinajstić information content (AvgIpc) is 2.20. The van der Waals surface area contributed by atoms with Gasteiger partial charge in [-0.15, -0.1) is 0 Å². The van der Waals surface area contributed by atoms with Crippen molar-refractivity contribution >= 4 is 23.2 Å². The fourth-order valence-electron chi connectivity index (χ4n) is 1.41. The predicted molar refractivity (Wildman–Crippen MR) is 60.9 cm³/mol. The Hall–Kier alpha value is -1.46. The first-order valence-corrected chi connectivity index (χ1v) is 5.00. The lowest BCUT2D eigenvalue weighted by atomic mass is 10.0. The summed E-state index contributed by atoms with van der Waals surface area (Å²) < 4.78 is 0. The Morgan fingerprint density at radius 2 is 1.93 bits per heavy atom. The Balaban J connectivity index is 2.20. The summed E-state index contributed by atoms with van der Waals surface area (Å²) in [6.07, 6.45) is 0. The molecule has 0 radical (unpaired) electrons. The topological polar surface area (TPSA) is 53.2 Å². The first kappa shape index (κ1) is 10.1. The molecule has 1 unspecified atom stereocenters. The summed E-state index contributed by atoms with van der Waals surface area (Å²) in [4.78, 5) is 11.6. The van der Waals surface area contributed by atoms with Crippen LogP contribution in [0.4, 0.5) is 0 Å². The van der Waals surface area contributed by atoms with E-state index in [9.17, 15) is 4.79 Å². The van der Waals surface area contributed by atoms with Crippen LogP contribution in [0.5, 0.6) is 0 Å². The van der Waals surface area contributed by atoms with E-state index in [2.05, 4.69) is 16.2 Å². The number of hydrazine groups is 1. The highest BCUT2D eigenvalue weighted by Gasteiger charge is 2.25. The number of benzene rings is 1. The van der Waals surface area contributed by atoms with Gasteiger partial charge in [-0.3, -0.25) is 10.2 Å². The standard InChI is InChI=1S/C10H11N3OS/c1-6-2-4-7(5-3-6)8-9(14)11-10(15)13-12-8/h2-5,8,12H,1H3,(H2,11,13,14,15). The maximum atomic E-state index is 11.6. The molecule has 1 amide bonds. The molecule has 15 heavy (non-hydrogen) atoms. The van der Waals surface area contributed by atoms with Crippen LogP contribution in [-0.4, -0.2) is 11.0 Å². The summed E-state index contributed by atoms with van der Waals surface area (Å²) in [5, 5.41) is 2.87. The smallest absolute Gasteiger partial charge is 0.249 e. The number of carbonyl (C=O) groups is 1. The minimum atomic E-state index is -0.391. The third-order valence-electron chi connectivity index (χ3n) is 2.24. The monoisotopic (exact) mass is 221 g/mol. The highest BCUT2D eigenvalue weighted by atomic mass is 32.1. The quantitative estimate of drug-likeness (QED) is 0.606. The normalized spacial score (nSPS) is 20.7. The number of nitrogens with one attached hydrogen (secondary N) is 3. The van der Waals surface area contributed by atoms with Gasteiger partial charge in [-0.2, -0.15) is 0 Å². The van der Waals surface area contributed by atoms with Crippen molar-refractivity contribution in [3.05, 3.63) is 35.4 Å². The Kier molecular flexibility index (Phi) is 2.66. The summed E-state index contributed by atoms with van der Waals surface area (Å²) in [6, 6.07) is 7.39. The van der Waals surface area contributed by atoms with Crippen LogP contribution in [0.15, 0.2) is 24.3 Å². The molecule has 1 aliphatic rings. The molecule has 0 saturated carbocycles. The minimum absolute atomic E-state index is 0.136. The molecule has 1 aromatic carbocycles. The highest BCUT2D eigenvalue weighted by molar-refractivity contribution is 7.80. The molecule has 0 aliphatic carbocycles. The van der Waals surface area contributed by atoms with Crippen LogP contribution in [0, 0.1) is 6.92 Å². The van der Waals surface area contributed by atoms with Gasteiger partial charge in [0.05, 0.1) is 0 Å². The van der Waals surface area contributed by atoms with E-state index >= 15 is 0 Å². The van der Waals surface area contributed by atoms with Crippen LogP contribution in [0.3, 0.4) is 0 Å². The largest absolute Gasteiger partial charge is 0.300 e. The number of rotatable bonds is 1. The fraction of sp³-hybridized carbons (Fsp3) is 0.200. The second-order valence-corrected chi connectivity index (χ2v) is 3.84. The molecule has 4 nitrogen and oxygen atoms in total. The van der Waals surface area contributed by atoms with Crippen LogP contribution < -0.4 is 16.2 Å². The van der Waals surface area contributed by atoms with E-state index in [-0.39, 0.29) is 5.91 Å². The Morgan fingerprint density at radius 1 is 1.27 bits per heavy atom. The summed E-state index contributed by atoms with van der Waals surface area (Å²) in [7, 11) is 0. The lowest BCUT2D eigenvalue weighted by Crippen LogP contribution is -2.57. The molecule has 1 saturated heterocycles. The molecule has 5 heteroatoms. The highest BCUT2D eigenvalue weighted by Crippen LogP contribution is 2.14. The van der Waals surface area contributed by atoms with Gasteiger partial charge in [-0.1, -0.05) is 29.8 Å². The lowest BCUT2D eigenvalue weighted by molar-refractivity contribution is -0.122. The van der Waals surface area contributed by atoms with Gasteiger partial charge >= 0.3 is 0 Å². The maximum absolute atomic E-state index is 11.6. The van der Waals surface area contributed by atoms with Gasteiger partial charge in [0, 0.05) is 0 Å². The second kappa shape index (κ2) is 3.96. The molecule has 0 spiro atoms. The van der Waals surface area contributed by atoms with Crippen molar-refractivity contribution in [3.8, 4) is 0 Å². The Bertz CT molecular complexity index is 402. The van der Waals surface area contributed by atoms with Crippen LogP contribution >= 0.6 is 12.2 Å². The van der Waals surface area contributed by atoms with E-state index in [0.29, 0.717) is 5.11 Å². The van der Waals surface area contributed by atoms with Gasteiger partial charge in [-0.25, -0.2) is 5.43 Å². The van der Waals surface area contributed by atoms with E-state index in [0.717, 1.165) is 5.56 Å². The van der Waals surface area contributed by atoms with Crippen LogP contribution in [0.2, 0.25) is 0 Å². The zero-order chi connectivity index (χ0) is 10.8. The number of thiocarbonyl (C=S) groups is 1. The SMILES string of the molecule is Cc1ccc(C2NNC(=S)NC2=O)cc1. The van der Waals surface area contributed by atoms with Gasteiger partial charge in [0.1, 0.15) is 6.04 Å². The van der Waals surface area contributed by atoms with Gasteiger partial charge < -0.3 is 5.32 Å². The van der Waals surface area contributed by atoms with Gasteiger partial charge in [0.15, 0.2) is 5.11 Å². The molecular weight excluding hydrogens is 210 g/mol. The molecule has 1 aromatic rings. The molecule has 0 bridgehead atoms. The first-order valence-electron chi connectivity index (χ1n) is 4.60. The van der Waals surface area contributed by atoms with Gasteiger partial charge in [0.25, 0.3) is 0 Å². The van der Waals surface area contributed by atoms with Crippen molar-refractivity contribution in [2.75, 3.05) is 0 Å². The molecule has 1 fully saturated rings. The number of hydrogen-bond acceptors (Lipinski definition) is 3. The van der Waals surface area contributed by atoms with E-state index in [1.54, 1.807) is 0 Å². The molecule has 1 atom stereocenters. The van der Waals surface area contributed by atoms with Gasteiger partial charge in [0.2, 0.25) is 5.91 Å². The second-order valence-electron chi connectivity index (χ2n) is 3.43. The molecule has 1 aliphatic heterocycles. The summed E-state index contributed by atoms with van der Waals surface area (Å²) in [5.41, 5.74) is 7.65. The van der Waals surface area contributed by atoms with Crippen LogP contribution in [0.1, 0.15) is 17.2 Å². The third kappa shape index (κ3) is 2.14. The Morgan fingerprint density at radius 3 is 2.53 bits per heavy atom. The van der Waals surface area contributed by atoms with E-state index in [1.807, 2.05) is 31.2 Å². The van der Waals surface area contributed by atoms with Crippen LogP contribution in [-0.2, 0) is 4.79 Å². The minimum Gasteiger partial charge on any atom is -0.300 e. The van der Waals surface area contributed by atoms with Gasteiger partial charge in [-0.05, 0) is 24.7 Å². The lowest BCUT2D eigenvalue weighted by Gasteiger charge is -2.25. The molecule has 78 valence electrons. The third-order valence-corrected chi connectivity index (χ3v) is 2.44. The van der Waals surface area contributed by atoms with Crippen molar-refractivity contribution in [1.29, 1.82) is 0 Å². The van der Waals surface area contributed by atoms with Crippen molar-refractivity contribution in [1.82, 2.24) is 16.2 Å². The number of aryl methyl sites for hydroxylation is 1. The molecule has 3 N–H and O–H groups in total. The first-order chi connectivity index (χ1) is 7.16. The molecule has 1 heterocycles. The predicted octanol–water partition coefficient (Wildman–Crippen LogP) is 0.545. The van der Waals surface area contributed by atoms with E-state index in [4.69, 9.17) is 12.2 Å². The molecule has 2 rings (SSSR count). The van der Waals surface area contributed by atoms with Crippen molar-refractivity contribution in [3.63, 3.8) is 0 Å². The average molecular weight is 221 g/mol. The fourth-order valence-corrected chi connectivity index (χ4v) is 1.57. The van der Waals surface area contributed by atoms with Crippen molar-refractivity contribution in [2.24, 2.45) is 0 Å². The summed E-state index contributed by atoms with van der Waals surface area (Å²) >= 11 is 4.80. The van der Waals surface area contributed by atoms with E-state index < -0.39 is 6.04 Å². The molecular formula is C10H11N3OS. The van der Waals surface area contributed by atoms with Crippen molar-refractivity contribution in [2.45, 2.75) is 13.0 Å². The number of carbonyl (C=O) groups excluding carboxylic acids is 1. The maximum Gasteiger partial charge on any atom is 0.249 e.